The minimum absolute atomic E-state index is 0.750. The van der Waals surface area contributed by atoms with E-state index in [-0.39, 0.29) is 0 Å². The van der Waals surface area contributed by atoms with Crippen LogP contribution in [0.3, 0.4) is 0 Å². The first-order valence-electron chi connectivity index (χ1n) is 14.9. The predicted molar refractivity (Wildman–Crippen MR) is 155 cm³/mol. The van der Waals surface area contributed by atoms with Gasteiger partial charge in [0.05, 0.1) is 24.9 Å². The van der Waals surface area contributed by atoms with Gasteiger partial charge in [-0.25, -0.2) is 4.79 Å². The molecule has 0 amide bonds. The maximum Gasteiger partial charge on any atom is 0.370 e. The Morgan fingerprint density at radius 1 is 0.649 bits per heavy atom. The fraction of sp³-hybridized carbons (Fsp3) is 0.929. The first kappa shape index (κ1) is 36.3. The fourth-order valence-corrected chi connectivity index (χ4v) is 9.30. The second-order valence-corrected chi connectivity index (χ2v) is 15.8. The number of unbranched alkanes of at least 4 members (excludes halogenated alkanes) is 15. The van der Waals surface area contributed by atoms with E-state index in [1.165, 1.54) is 57.8 Å². The number of rotatable bonds is 26. The highest BCUT2D eigenvalue weighted by Crippen LogP contribution is 2.62. The fourth-order valence-electron chi connectivity index (χ4n) is 4.73. The molecule has 0 bridgehead atoms. The highest BCUT2D eigenvalue weighted by Gasteiger charge is 2.46. The van der Waals surface area contributed by atoms with Crippen LogP contribution >= 0.6 is 7.49 Å². The first-order valence-corrected chi connectivity index (χ1v) is 18.7. The Morgan fingerprint density at radius 3 is 1.27 bits per heavy atom. The summed E-state index contributed by atoms with van der Waals surface area (Å²) in [6.07, 6.45) is 21.2. The van der Waals surface area contributed by atoms with Crippen LogP contribution in [0.1, 0.15) is 143 Å². The van der Waals surface area contributed by atoms with Crippen LogP contribution < -0.4 is 0 Å². The molecule has 0 saturated heterocycles. The largest absolute Gasteiger partial charge is 0.481 e. The zero-order valence-electron chi connectivity index (χ0n) is 23.9. The second kappa shape index (κ2) is 22.1. The number of carboxylic acids is 1. The van der Waals surface area contributed by atoms with Gasteiger partial charge in [-0.1, -0.05) is 97.8 Å². The van der Waals surface area contributed by atoms with E-state index < -0.39 is 41.2 Å². The van der Waals surface area contributed by atoms with E-state index in [1.807, 2.05) is 0 Å². The summed E-state index contributed by atoms with van der Waals surface area (Å²) in [7, 11) is -7.18. The summed E-state index contributed by atoms with van der Waals surface area (Å²) < 4.78 is 39.4. The van der Waals surface area contributed by atoms with E-state index in [1.54, 1.807) is 0 Å². The van der Waals surface area contributed by atoms with Crippen LogP contribution in [-0.2, 0) is 24.2 Å². The maximum atomic E-state index is 13.1. The summed E-state index contributed by atoms with van der Waals surface area (Å²) in [6, 6.07) is 0. The molecule has 0 fully saturated rings. The molecule has 0 aliphatic carbocycles. The van der Waals surface area contributed by atoms with Gasteiger partial charge in [0.25, 0.3) is 10.1 Å². The van der Waals surface area contributed by atoms with Crippen molar-refractivity contribution in [2.45, 2.75) is 148 Å². The molecule has 0 aromatic rings. The van der Waals surface area contributed by atoms with Crippen molar-refractivity contribution >= 4 is 29.5 Å². The summed E-state index contributed by atoms with van der Waals surface area (Å²) in [4.78, 5) is 24.3. The van der Waals surface area contributed by atoms with Gasteiger partial charge in [0, 0.05) is 0 Å². The number of carboxylic acid groups (broad SMARTS) is 1. The second-order valence-electron chi connectivity index (χ2n) is 10.5. The number of hydrogen-bond acceptors (Lipinski definition) is 5. The molecule has 9 heteroatoms. The third-order valence-electron chi connectivity index (χ3n) is 7.02. The average molecular weight is 568 g/mol. The summed E-state index contributed by atoms with van der Waals surface area (Å²) >= 11 is 0. The van der Waals surface area contributed by atoms with Crippen molar-refractivity contribution in [2.75, 3.05) is 18.5 Å². The molecule has 0 heterocycles. The Kier molecular flexibility index (Phi) is 21.7. The molecular formula is C28H56O7PS+. The summed E-state index contributed by atoms with van der Waals surface area (Å²) in [6.45, 7) is 6.54. The van der Waals surface area contributed by atoms with Crippen molar-refractivity contribution in [3.8, 4) is 0 Å². The third kappa shape index (κ3) is 19.1. The van der Waals surface area contributed by atoms with E-state index in [2.05, 4.69) is 20.8 Å². The summed E-state index contributed by atoms with van der Waals surface area (Å²) in [5, 5.41) is 7.09. The van der Waals surface area contributed by atoms with E-state index in [0.717, 1.165) is 76.3 Å². The SMILES string of the molecule is CCCCCCCC[P+](CCCCCCCC)(CCCCCCCC)OC(=O)C(CC(=O)O)S(=O)(=O)O. The molecule has 220 valence electrons. The number of carbonyl (C=O) groups excluding carboxylic acids is 1. The molecule has 0 radical (unpaired) electrons. The number of carbonyl (C=O) groups is 2. The van der Waals surface area contributed by atoms with Gasteiger partial charge in [-0.3, -0.25) is 9.35 Å². The molecule has 0 aromatic heterocycles. The smallest absolute Gasteiger partial charge is 0.370 e. The summed E-state index contributed by atoms with van der Waals surface area (Å²) in [5.41, 5.74) is 0. The minimum atomic E-state index is -4.88. The van der Waals surface area contributed by atoms with E-state index in [0.29, 0.717) is 0 Å². The molecule has 0 saturated carbocycles. The van der Waals surface area contributed by atoms with Crippen molar-refractivity contribution in [2.24, 2.45) is 0 Å². The Hall–Kier alpha value is -0.720. The van der Waals surface area contributed by atoms with Crippen molar-refractivity contribution in [3.63, 3.8) is 0 Å². The molecule has 37 heavy (non-hydrogen) atoms. The van der Waals surface area contributed by atoms with Gasteiger partial charge >= 0.3 is 11.9 Å². The van der Waals surface area contributed by atoms with Crippen LogP contribution in [0, 0.1) is 0 Å². The van der Waals surface area contributed by atoms with Gasteiger partial charge < -0.3 is 9.63 Å². The first-order chi connectivity index (χ1) is 17.6. The highest BCUT2D eigenvalue weighted by atomic mass is 32.2. The lowest BCUT2D eigenvalue weighted by molar-refractivity contribution is -0.141. The van der Waals surface area contributed by atoms with Gasteiger partial charge in [0.15, 0.2) is 12.7 Å². The molecule has 0 aliphatic heterocycles. The molecule has 0 rings (SSSR count). The van der Waals surface area contributed by atoms with Crippen molar-refractivity contribution in [1.82, 2.24) is 0 Å². The van der Waals surface area contributed by atoms with Gasteiger partial charge in [0.1, 0.15) is 0 Å². The third-order valence-corrected chi connectivity index (χ3v) is 12.1. The Balaban J connectivity index is 5.59. The zero-order valence-corrected chi connectivity index (χ0v) is 25.6. The number of aliphatic carboxylic acids is 1. The Morgan fingerprint density at radius 2 is 0.973 bits per heavy atom. The quantitative estimate of drug-likeness (QED) is 0.0613. The molecule has 0 spiro atoms. The molecule has 0 aliphatic rings. The van der Waals surface area contributed by atoms with Crippen LogP contribution in [0.2, 0.25) is 0 Å². The summed E-state index contributed by atoms with van der Waals surface area (Å²) in [5.74, 6) is -2.53. The molecule has 2 N–H and O–H groups in total. The van der Waals surface area contributed by atoms with Gasteiger partial charge in [-0.15, -0.1) is 0 Å². The lowest BCUT2D eigenvalue weighted by Gasteiger charge is -2.27. The van der Waals surface area contributed by atoms with Gasteiger partial charge in [-0.05, 0) is 38.5 Å². The Labute approximate surface area is 228 Å². The van der Waals surface area contributed by atoms with Crippen molar-refractivity contribution < 1.29 is 32.2 Å². The van der Waals surface area contributed by atoms with Crippen LogP contribution in [0.25, 0.3) is 0 Å². The van der Waals surface area contributed by atoms with Crippen LogP contribution in [0.5, 0.6) is 0 Å². The van der Waals surface area contributed by atoms with Crippen LogP contribution in [0.15, 0.2) is 0 Å². The molecular weight excluding hydrogens is 511 g/mol. The lowest BCUT2D eigenvalue weighted by atomic mass is 10.1. The predicted octanol–water partition coefficient (Wildman–Crippen LogP) is 8.27. The highest BCUT2D eigenvalue weighted by molar-refractivity contribution is 7.87. The van der Waals surface area contributed by atoms with E-state index >= 15 is 0 Å². The molecule has 7 nitrogen and oxygen atoms in total. The lowest BCUT2D eigenvalue weighted by Crippen LogP contribution is -2.35. The Bertz CT molecular complexity index is 656. The maximum absolute atomic E-state index is 13.1. The van der Waals surface area contributed by atoms with E-state index in [9.17, 15) is 22.6 Å². The standard InChI is InChI=1S/C28H55O7PS/c1-4-7-10-13-16-19-22-36(23-20-17-14-11-8-5-2,24-21-18-15-12-9-6-3)35-28(31)26(25-27(29)30)37(32,33)34/h26H,4-25H2,1-3H3,(H-,29,30,32,33,34)/p+1. The number of hydrogen-bond donors (Lipinski definition) is 2. The minimum Gasteiger partial charge on any atom is -0.481 e. The van der Waals surface area contributed by atoms with Crippen LogP contribution in [0.4, 0.5) is 0 Å². The van der Waals surface area contributed by atoms with Gasteiger partial charge in [-0.2, -0.15) is 8.42 Å². The molecule has 1 unspecified atom stereocenters. The molecule has 1 atom stereocenters. The van der Waals surface area contributed by atoms with E-state index in [4.69, 9.17) is 9.63 Å². The monoisotopic (exact) mass is 567 g/mol. The van der Waals surface area contributed by atoms with Crippen molar-refractivity contribution in [3.05, 3.63) is 0 Å². The normalized spacial score (nSPS) is 13.0. The zero-order chi connectivity index (χ0) is 28.0. The average Bonchev–Trinajstić information content (AvgIpc) is 2.83. The van der Waals surface area contributed by atoms with Crippen molar-refractivity contribution in [1.29, 1.82) is 0 Å². The van der Waals surface area contributed by atoms with Crippen LogP contribution in [-0.4, -0.2) is 53.8 Å². The molecule has 0 aromatic carbocycles. The van der Waals surface area contributed by atoms with Gasteiger partial charge in [0.2, 0.25) is 0 Å². The topological polar surface area (TPSA) is 118 Å².